The summed E-state index contributed by atoms with van der Waals surface area (Å²) in [6.07, 6.45) is 1.49. The smallest absolute Gasteiger partial charge is 0.336 e. The number of nitrogens with one attached hydrogen (secondary N) is 1. The third-order valence-corrected chi connectivity index (χ3v) is 5.34. The maximum Gasteiger partial charge on any atom is 0.336 e. The van der Waals surface area contributed by atoms with Gasteiger partial charge in [0.15, 0.2) is 5.13 Å². The van der Waals surface area contributed by atoms with Crippen LogP contribution in [0.2, 0.25) is 0 Å². The summed E-state index contributed by atoms with van der Waals surface area (Å²) in [6, 6.07) is 4.85. The van der Waals surface area contributed by atoms with Gasteiger partial charge in [0, 0.05) is 11.6 Å². The van der Waals surface area contributed by atoms with Gasteiger partial charge in [-0.2, -0.15) is 0 Å². The van der Waals surface area contributed by atoms with E-state index < -0.39 is 26.7 Å². The zero-order valence-electron chi connectivity index (χ0n) is 14.2. The molecule has 0 saturated heterocycles. The highest BCUT2D eigenvalue weighted by atomic mass is 32.2. The number of benzene rings is 1. The minimum absolute atomic E-state index is 0.0790. The lowest BCUT2D eigenvalue weighted by Crippen LogP contribution is -2.23. The Morgan fingerprint density at radius 1 is 1.26 bits per heavy atom. The average Bonchev–Trinajstić information content (AvgIpc) is 3.32. The minimum Gasteiger partial charge on any atom is -0.497 e. The number of sulfone groups is 1. The van der Waals surface area contributed by atoms with Crippen LogP contribution in [-0.4, -0.2) is 49.5 Å². The molecule has 3 rings (SSSR count). The number of rotatable bonds is 7. The van der Waals surface area contributed by atoms with Gasteiger partial charge in [-0.3, -0.25) is 4.79 Å². The maximum atomic E-state index is 12.4. The van der Waals surface area contributed by atoms with Crippen molar-refractivity contribution in [3.63, 3.8) is 0 Å². The van der Waals surface area contributed by atoms with Crippen molar-refractivity contribution < 1.29 is 27.1 Å². The van der Waals surface area contributed by atoms with Crippen molar-refractivity contribution >= 4 is 32.2 Å². The second-order valence-corrected chi connectivity index (χ2v) is 7.85. The molecule has 0 radical (unpaired) electrons. The zero-order valence-corrected chi connectivity index (χ0v) is 15.8. The lowest BCUT2D eigenvalue weighted by atomic mass is 10.2. The first-order chi connectivity index (χ1) is 12.9. The van der Waals surface area contributed by atoms with Crippen molar-refractivity contribution in [2.45, 2.75) is 5.22 Å². The Hall–Kier alpha value is -2.99. The quantitative estimate of drug-likeness (QED) is 0.616. The highest BCUT2D eigenvalue weighted by molar-refractivity contribution is 7.91. The number of methoxy groups -OCH3 is 2. The van der Waals surface area contributed by atoms with Crippen LogP contribution < -0.4 is 14.8 Å². The molecule has 0 aliphatic heterocycles. The molecule has 10 nitrogen and oxygen atoms in total. The number of aromatic nitrogens is 3. The second kappa shape index (κ2) is 7.72. The van der Waals surface area contributed by atoms with Crippen LogP contribution in [0.5, 0.6) is 11.5 Å². The topological polar surface area (TPSA) is 134 Å². The molecule has 0 aliphatic carbocycles. The number of ether oxygens (including phenoxy) is 2. The average molecular weight is 410 g/mol. The highest BCUT2D eigenvalue weighted by Crippen LogP contribution is 2.33. The fourth-order valence-electron chi connectivity index (χ4n) is 2.10. The number of carbonyl (C=O) groups is 1. The van der Waals surface area contributed by atoms with Crippen LogP contribution >= 0.6 is 11.3 Å². The van der Waals surface area contributed by atoms with E-state index in [9.17, 15) is 13.2 Å². The molecule has 0 fully saturated rings. The van der Waals surface area contributed by atoms with Crippen molar-refractivity contribution in [3.8, 4) is 23.0 Å². The summed E-state index contributed by atoms with van der Waals surface area (Å²) < 4.78 is 40.3. The van der Waals surface area contributed by atoms with E-state index in [2.05, 4.69) is 20.5 Å². The third kappa shape index (κ3) is 4.23. The molecule has 142 valence electrons. The highest BCUT2D eigenvalue weighted by Gasteiger charge is 2.27. The lowest BCUT2D eigenvalue weighted by molar-refractivity contribution is -0.113. The molecular formula is C15H14N4O6S2. The Labute approximate surface area is 158 Å². The summed E-state index contributed by atoms with van der Waals surface area (Å²) >= 11 is 1.17. The van der Waals surface area contributed by atoms with Gasteiger partial charge in [-0.05, 0) is 18.2 Å². The summed E-state index contributed by atoms with van der Waals surface area (Å²) in [5.41, 5.74) is 0.359. The van der Waals surface area contributed by atoms with Crippen LogP contribution in [0, 0.1) is 0 Å². The third-order valence-electron chi connectivity index (χ3n) is 3.31. The molecule has 3 aromatic rings. The van der Waals surface area contributed by atoms with Crippen molar-refractivity contribution in [2.24, 2.45) is 0 Å². The number of amides is 1. The molecule has 12 heteroatoms. The van der Waals surface area contributed by atoms with Gasteiger partial charge in [-0.15, -0.1) is 16.4 Å². The summed E-state index contributed by atoms with van der Waals surface area (Å²) in [5, 5.41) is 11.0. The van der Waals surface area contributed by atoms with Gasteiger partial charge in [-0.25, -0.2) is 13.4 Å². The van der Waals surface area contributed by atoms with Crippen molar-refractivity contribution in [1.29, 1.82) is 0 Å². The number of hydrogen-bond acceptors (Lipinski definition) is 10. The van der Waals surface area contributed by atoms with E-state index in [1.54, 1.807) is 23.6 Å². The van der Waals surface area contributed by atoms with Gasteiger partial charge < -0.3 is 19.2 Å². The molecule has 27 heavy (non-hydrogen) atoms. The SMILES string of the molecule is COc1ccc(OC)c(-c2nnc(S(=O)(=O)CC(=O)Nc3nccs3)o2)c1. The van der Waals surface area contributed by atoms with Crippen LogP contribution in [0.25, 0.3) is 11.5 Å². The van der Waals surface area contributed by atoms with Gasteiger partial charge in [-0.1, -0.05) is 5.10 Å². The van der Waals surface area contributed by atoms with E-state index in [0.717, 1.165) is 0 Å². The molecule has 1 amide bonds. The Morgan fingerprint density at radius 3 is 2.74 bits per heavy atom. The molecule has 2 aromatic heterocycles. The Bertz CT molecular complexity index is 1050. The summed E-state index contributed by atoms with van der Waals surface area (Å²) in [7, 11) is -1.20. The van der Waals surface area contributed by atoms with E-state index in [1.807, 2.05) is 0 Å². The van der Waals surface area contributed by atoms with Gasteiger partial charge in [0.05, 0.1) is 19.8 Å². The minimum atomic E-state index is -4.13. The second-order valence-electron chi connectivity index (χ2n) is 5.08. The number of anilines is 1. The van der Waals surface area contributed by atoms with Crippen LogP contribution in [0.3, 0.4) is 0 Å². The van der Waals surface area contributed by atoms with Crippen LogP contribution in [0.15, 0.2) is 39.4 Å². The maximum absolute atomic E-state index is 12.4. The van der Waals surface area contributed by atoms with Gasteiger partial charge in [0.2, 0.25) is 15.7 Å². The van der Waals surface area contributed by atoms with Crippen molar-refractivity contribution in [2.75, 3.05) is 25.3 Å². The molecule has 0 atom stereocenters. The zero-order chi connectivity index (χ0) is 19.4. The summed E-state index contributed by atoms with van der Waals surface area (Å²) in [5.74, 6) is -0.807. The Kier molecular flexibility index (Phi) is 5.37. The summed E-state index contributed by atoms with van der Waals surface area (Å²) in [6.45, 7) is 0. The van der Waals surface area contributed by atoms with Gasteiger partial charge in [0.25, 0.3) is 5.89 Å². The number of thiazole rings is 1. The first kappa shape index (κ1) is 18.8. The monoisotopic (exact) mass is 410 g/mol. The van der Waals surface area contributed by atoms with Gasteiger partial charge in [0.1, 0.15) is 17.3 Å². The molecule has 0 bridgehead atoms. The van der Waals surface area contributed by atoms with Crippen molar-refractivity contribution in [1.82, 2.24) is 15.2 Å². The molecule has 2 heterocycles. The molecule has 0 aliphatic rings. The number of carbonyl (C=O) groups excluding carboxylic acids is 1. The molecule has 1 N–H and O–H groups in total. The van der Waals surface area contributed by atoms with E-state index in [1.165, 1.54) is 31.8 Å². The Morgan fingerprint density at radius 2 is 2.07 bits per heavy atom. The van der Waals surface area contributed by atoms with Gasteiger partial charge >= 0.3 is 5.22 Å². The van der Waals surface area contributed by atoms with E-state index in [0.29, 0.717) is 22.2 Å². The largest absolute Gasteiger partial charge is 0.497 e. The predicted octanol–water partition coefficient (Wildman–Crippen LogP) is 1.62. The fraction of sp³-hybridized carbons (Fsp3) is 0.200. The van der Waals surface area contributed by atoms with Crippen molar-refractivity contribution in [3.05, 3.63) is 29.8 Å². The lowest BCUT2D eigenvalue weighted by Gasteiger charge is -2.07. The molecule has 0 spiro atoms. The molecule has 1 aromatic carbocycles. The number of hydrogen-bond donors (Lipinski definition) is 1. The normalized spacial score (nSPS) is 11.2. The first-order valence-electron chi connectivity index (χ1n) is 7.41. The van der Waals surface area contributed by atoms with E-state index >= 15 is 0 Å². The van der Waals surface area contributed by atoms with Crippen LogP contribution in [0.4, 0.5) is 5.13 Å². The predicted molar refractivity (Wildman–Crippen MR) is 95.6 cm³/mol. The van der Waals surface area contributed by atoms with Crippen LogP contribution in [0.1, 0.15) is 0 Å². The van der Waals surface area contributed by atoms with E-state index in [4.69, 9.17) is 13.9 Å². The molecular weight excluding hydrogens is 396 g/mol. The van der Waals surface area contributed by atoms with Crippen LogP contribution in [-0.2, 0) is 14.6 Å². The van der Waals surface area contributed by atoms with E-state index in [-0.39, 0.29) is 5.89 Å². The summed E-state index contributed by atoms with van der Waals surface area (Å²) in [4.78, 5) is 15.8. The first-order valence-corrected chi connectivity index (χ1v) is 9.94. The molecule has 0 saturated carbocycles. The Balaban J connectivity index is 1.83. The standard InChI is InChI=1S/C15H14N4O6S2/c1-23-9-3-4-11(24-2)10(7-9)13-18-19-15(25-13)27(21,22)8-12(20)17-14-16-5-6-26-14/h3-7H,8H2,1-2H3,(H,16,17,20). The fourth-order valence-corrected chi connectivity index (χ4v) is 3.56. The number of nitrogens with zero attached hydrogens (tertiary/aromatic N) is 3. The molecule has 0 unspecified atom stereocenters.